The molecule has 0 saturated carbocycles. The molecular formula is C14H10O7. The Balaban J connectivity index is 2.19. The van der Waals surface area contributed by atoms with Crippen molar-refractivity contribution in [2.75, 3.05) is 0 Å². The van der Waals surface area contributed by atoms with Gasteiger partial charge in [0.1, 0.15) is 17.1 Å². The van der Waals surface area contributed by atoms with Crippen molar-refractivity contribution in [1.29, 1.82) is 0 Å². The predicted octanol–water partition coefficient (Wildman–Crippen LogP) is 2.16. The molecular weight excluding hydrogens is 280 g/mol. The number of carbonyl (C=O) groups is 2. The van der Waals surface area contributed by atoms with Crippen LogP contribution in [0, 0.1) is 0 Å². The first-order chi connectivity index (χ1) is 10.0. The van der Waals surface area contributed by atoms with Crippen molar-refractivity contribution >= 4 is 11.9 Å². The van der Waals surface area contributed by atoms with Crippen LogP contribution in [0.2, 0.25) is 0 Å². The first-order valence-corrected chi connectivity index (χ1v) is 5.71. The molecule has 0 aliphatic carbocycles. The van der Waals surface area contributed by atoms with E-state index in [1.807, 2.05) is 0 Å². The van der Waals surface area contributed by atoms with Crippen LogP contribution in [0.5, 0.6) is 17.2 Å². The molecule has 0 unspecified atom stereocenters. The predicted molar refractivity (Wildman–Crippen MR) is 69.7 cm³/mol. The largest absolute Gasteiger partial charge is 0.507 e. The first kappa shape index (κ1) is 14.4. The number of hydrogen-bond donors (Lipinski definition) is 3. The summed E-state index contributed by atoms with van der Waals surface area (Å²) in [6.07, 6.45) is 0. The van der Waals surface area contributed by atoms with Crippen LogP contribution in [0.3, 0.4) is 0 Å². The normalized spacial score (nSPS) is 9.95. The van der Waals surface area contributed by atoms with Gasteiger partial charge in [0.05, 0.1) is 5.56 Å². The van der Waals surface area contributed by atoms with Crippen LogP contribution >= 0.6 is 0 Å². The molecule has 108 valence electrons. The molecule has 0 spiro atoms. The van der Waals surface area contributed by atoms with Crippen molar-refractivity contribution in [2.24, 2.45) is 0 Å². The van der Waals surface area contributed by atoms with E-state index in [2.05, 4.69) is 4.89 Å². The number of phenols is 1. The molecule has 0 heterocycles. The van der Waals surface area contributed by atoms with Gasteiger partial charge in [0.15, 0.2) is 5.75 Å². The summed E-state index contributed by atoms with van der Waals surface area (Å²) in [5.41, 5.74) is -0.190. The summed E-state index contributed by atoms with van der Waals surface area (Å²) >= 11 is 0. The van der Waals surface area contributed by atoms with Gasteiger partial charge in [-0.05, 0) is 42.5 Å². The molecule has 0 aliphatic heterocycles. The summed E-state index contributed by atoms with van der Waals surface area (Å²) in [6.45, 7) is 0. The SMILES string of the molecule is O=C(Oc1ccc(O)c(C(=O)O)c1)c1ccc(OO)cc1. The number of carbonyl (C=O) groups excluding carboxylic acids is 1. The van der Waals surface area contributed by atoms with Crippen LogP contribution in [-0.4, -0.2) is 27.4 Å². The zero-order valence-electron chi connectivity index (χ0n) is 10.5. The van der Waals surface area contributed by atoms with Gasteiger partial charge < -0.3 is 19.8 Å². The molecule has 0 saturated heterocycles. The Labute approximate surface area is 118 Å². The van der Waals surface area contributed by atoms with Crippen LogP contribution in [0.15, 0.2) is 42.5 Å². The number of aromatic carboxylic acids is 1. The van der Waals surface area contributed by atoms with Gasteiger partial charge in [-0.1, -0.05) is 0 Å². The first-order valence-electron chi connectivity index (χ1n) is 5.71. The molecule has 0 atom stereocenters. The fourth-order valence-electron chi connectivity index (χ4n) is 1.57. The highest BCUT2D eigenvalue weighted by Gasteiger charge is 2.14. The Morgan fingerprint density at radius 2 is 1.57 bits per heavy atom. The molecule has 0 bridgehead atoms. The monoisotopic (exact) mass is 290 g/mol. The van der Waals surface area contributed by atoms with Crippen molar-refractivity contribution in [3.05, 3.63) is 53.6 Å². The zero-order valence-corrected chi connectivity index (χ0v) is 10.5. The topological polar surface area (TPSA) is 113 Å². The third kappa shape index (κ3) is 3.28. The van der Waals surface area contributed by atoms with Gasteiger partial charge in [-0.3, -0.25) is 0 Å². The third-order valence-corrected chi connectivity index (χ3v) is 2.60. The van der Waals surface area contributed by atoms with Gasteiger partial charge in [0, 0.05) is 0 Å². The van der Waals surface area contributed by atoms with Crippen molar-refractivity contribution in [3.8, 4) is 17.2 Å². The molecule has 0 aromatic heterocycles. The Hall–Kier alpha value is -3.06. The Morgan fingerprint density at radius 1 is 0.952 bits per heavy atom. The summed E-state index contributed by atoms with van der Waals surface area (Å²) in [6, 6.07) is 8.88. The average molecular weight is 290 g/mol. The Morgan fingerprint density at radius 3 is 2.14 bits per heavy atom. The molecule has 0 radical (unpaired) electrons. The molecule has 7 heteroatoms. The van der Waals surface area contributed by atoms with Crippen molar-refractivity contribution in [2.45, 2.75) is 0 Å². The third-order valence-electron chi connectivity index (χ3n) is 2.60. The van der Waals surface area contributed by atoms with E-state index in [0.29, 0.717) is 0 Å². The highest BCUT2D eigenvalue weighted by Crippen LogP contribution is 2.24. The lowest BCUT2D eigenvalue weighted by Gasteiger charge is -2.06. The fraction of sp³-hybridized carbons (Fsp3) is 0. The Bertz CT molecular complexity index is 676. The molecule has 7 nitrogen and oxygen atoms in total. The minimum absolute atomic E-state index is 0.0160. The van der Waals surface area contributed by atoms with E-state index in [0.717, 1.165) is 12.1 Å². The van der Waals surface area contributed by atoms with E-state index in [1.54, 1.807) is 0 Å². The lowest BCUT2D eigenvalue weighted by molar-refractivity contribution is -0.137. The number of hydrogen-bond acceptors (Lipinski definition) is 6. The summed E-state index contributed by atoms with van der Waals surface area (Å²) < 4.78 is 5.00. The maximum atomic E-state index is 11.8. The average Bonchev–Trinajstić information content (AvgIpc) is 2.49. The molecule has 2 rings (SSSR count). The molecule has 0 fully saturated rings. The standard InChI is InChI=1S/C14H10O7/c15-12-6-5-10(7-11(12)13(16)17)20-14(18)8-1-3-9(21-19)4-2-8/h1-7,15,19H,(H,16,17). The summed E-state index contributed by atoms with van der Waals surface area (Å²) in [7, 11) is 0. The van der Waals surface area contributed by atoms with Gasteiger partial charge >= 0.3 is 11.9 Å². The molecule has 2 aromatic carbocycles. The van der Waals surface area contributed by atoms with Crippen LogP contribution in [0.1, 0.15) is 20.7 Å². The van der Waals surface area contributed by atoms with Gasteiger partial charge in [-0.15, -0.1) is 0 Å². The van der Waals surface area contributed by atoms with Crippen molar-refractivity contribution in [3.63, 3.8) is 0 Å². The zero-order chi connectivity index (χ0) is 15.4. The number of aromatic hydroxyl groups is 1. The number of ether oxygens (including phenoxy) is 1. The lowest BCUT2D eigenvalue weighted by atomic mass is 10.2. The van der Waals surface area contributed by atoms with Crippen LogP contribution in [-0.2, 0) is 0 Å². The second-order valence-electron chi connectivity index (χ2n) is 3.99. The van der Waals surface area contributed by atoms with Crippen molar-refractivity contribution in [1.82, 2.24) is 0 Å². The minimum atomic E-state index is -1.34. The maximum Gasteiger partial charge on any atom is 0.343 e. The quantitative estimate of drug-likeness (QED) is 0.342. The molecule has 21 heavy (non-hydrogen) atoms. The van der Waals surface area contributed by atoms with E-state index in [9.17, 15) is 14.7 Å². The number of esters is 1. The smallest absolute Gasteiger partial charge is 0.343 e. The molecule has 2 aromatic rings. The van der Waals surface area contributed by atoms with Gasteiger partial charge in [-0.25, -0.2) is 14.8 Å². The number of carboxylic acids is 1. The minimum Gasteiger partial charge on any atom is -0.507 e. The number of benzene rings is 2. The van der Waals surface area contributed by atoms with Crippen LogP contribution < -0.4 is 9.62 Å². The number of carboxylic acid groups (broad SMARTS) is 1. The van der Waals surface area contributed by atoms with Gasteiger partial charge in [0.25, 0.3) is 0 Å². The van der Waals surface area contributed by atoms with Gasteiger partial charge in [-0.2, -0.15) is 0 Å². The van der Waals surface area contributed by atoms with E-state index < -0.39 is 17.7 Å². The summed E-state index contributed by atoms with van der Waals surface area (Å²) in [5, 5.41) is 26.6. The molecule has 3 N–H and O–H groups in total. The van der Waals surface area contributed by atoms with E-state index >= 15 is 0 Å². The van der Waals surface area contributed by atoms with E-state index in [-0.39, 0.29) is 22.6 Å². The summed E-state index contributed by atoms with van der Waals surface area (Å²) in [4.78, 5) is 26.7. The van der Waals surface area contributed by atoms with Gasteiger partial charge in [0.2, 0.25) is 0 Å². The second-order valence-corrected chi connectivity index (χ2v) is 3.99. The van der Waals surface area contributed by atoms with Crippen LogP contribution in [0.4, 0.5) is 0 Å². The second kappa shape index (κ2) is 5.93. The van der Waals surface area contributed by atoms with E-state index in [1.165, 1.54) is 30.3 Å². The highest BCUT2D eigenvalue weighted by atomic mass is 17.1. The summed E-state index contributed by atoms with van der Waals surface area (Å²) in [5.74, 6) is -2.34. The molecule has 0 aliphatic rings. The van der Waals surface area contributed by atoms with Crippen molar-refractivity contribution < 1.29 is 34.7 Å². The Kier molecular flexibility index (Phi) is 4.05. The number of rotatable bonds is 4. The molecule has 0 amide bonds. The van der Waals surface area contributed by atoms with Crippen LogP contribution in [0.25, 0.3) is 0 Å². The van der Waals surface area contributed by atoms with E-state index in [4.69, 9.17) is 15.1 Å². The fourth-order valence-corrected chi connectivity index (χ4v) is 1.57. The highest BCUT2D eigenvalue weighted by molar-refractivity contribution is 5.93. The maximum absolute atomic E-state index is 11.8. The lowest BCUT2D eigenvalue weighted by Crippen LogP contribution is -2.09.